The van der Waals surface area contributed by atoms with E-state index in [1.807, 2.05) is 6.92 Å². The summed E-state index contributed by atoms with van der Waals surface area (Å²) in [6.45, 7) is 4.29. The van der Waals surface area contributed by atoms with E-state index in [0.717, 1.165) is 19.4 Å². The van der Waals surface area contributed by atoms with Gasteiger partial charge >= 0.3 is 0 Å². The molecule has 2 rings (SSSR count). The second kappa shape index (κ2) is 5.87. The van der Waals surface area contributed by atoms with Crippen LogP contribution in [0, 0.1) is 18.6 Å². The van der Waals surface area contributed by atoms with Crippen LogP contribution in [-0.4, -0.2) is 18.0 Å². The van der Waals surface area contributed by atoms with Gasteiger partial charge in [0.15, 0.2) is 5.82 Å². The van der Waals surface area contributed by atoms with Crippen LogP contribution in [0.15, 0.2) is 12.1 Å². The van der Waals surface area contributed by atoms with Crippen molar-refractivity contribution in [3.63, 3.8) is 0 Å². The number of benzene rings is 1. The summed E-state index contributed by atoms with van der Waals surface area (Å²) < 4.78 is 27.7. The third-order valence-corrected chi connectivity index (χ3v) is 3.88. The van der Waals surface area contributed by atoms with Crippen molar-refractivity contribution < 1.29 is 13.6 Å². The summed E-state index contributed by atoms with van der Waals surface area (Å²) in [6, 6.07) is 2.53. The highest BCUT2D eigenvalue weighted by atomic mass is 19.1. The summed E-state index contributed by atoms with van der Waals surface area (Å²) in [5.74, 6) is -1.80. The molecule has 1 amide bonds. The molecule has 110 valence electrons. The molecular formula is C15H20F2N2O. The first-order chi connectivity index (χ1) is 9.50. The van der Waals surface area contributed by atoms with Crippen molar-refractivity contribution in [2.45, 2.75) is 45.1 Å². The molecule has 1 aliphatic heterocycles. The fraction of sp³-hybridized carbons (Fsp3) is 0.533. The fourth-order valence-corrected chi connectivity index (χ4v) is 2.76. The Kier molecular flexibility index (Phi) is 4.38. The number of aryl methyl sites for hydroxylation is 1. The minimum Gasteiger partial charge on any atom is -0.320 e. The van der Waals surface area contributed by atoms with Crippen LogP contribution in [0.25, 0.3) is 0 Å². The van der Waals surface area contributed by atoms with Gasteiger partial charge in [-0.1, -0.05) is 19.4 Å². The standard InChI is InChI=1S/C15H20F2N2O/c1-3-7-15(8-4-9-18-15)14(20)19-13-11(16)6-5-10(2)12(13)17/h5-6,18H,3-4,7-9H2,1-2H3,(H,19,20). The molecule has 1 unspecified atom stereocenters. The minimum absolute atomic E-state index is 0.311. The molecule has 1 aliphatic rings. The molecule has 1 fully saturated rings. The number of nitrogens with one attached hydrogen (secondary N) is 2. The average molecular weight is 282 g/mol. The van der Waals surface area contributed by atoms with Crippen molar-refractivity contribution >= 4 is 11.6 Å². The van der Waals surface area contributed by atoms with Gasteiger partial charge in [-0.2, -0.15) is 0 Å². The lowest BCUT2D eigenvalue weighted by molar-refractivity contribution is -0.122. The molecule has 0 saturated carbocycles. The van der Waals surface area contributed by atoms with Gasteiger partial charge in [-0.25, -0.2) is 8.78 Å². The van der Waals surface area contributed by atoms with Gasteiger partial charge < -0.3 is 10.6 Å². The van der Waals surface area contributed by atoms with Crippen LogP contribution in [0.4, 0.5) is 14.5 Å². The van der Waals surface area contributed by atoms with Crippen molar-refractivity contribution in [3.05, 3.63) is 29.3 Å². The third-order valence-electron chi connectivity index (χ3n) is 3.88. The normalized spacial score (nSPS) is 22.0. The van der Waals surface area contributed by atoms with Gasteiger partial charge in [0.25, 0.3) is 0 Å². The van der Waals surface area contributed by atoms with Gasteiger partial charge in [-0.3, -0.25) is 4.79 Å². The number of hydrogen-bond donors (Lipinski definition) is 2. The van der Waals surface area contributed by atoms with E-state index in [0.29, 0.717) is 18.4 Å². The third kappa shape index (κ3) is 2.68. The number of halogens is 2. The van der Waals surface area contributed by atoms with Crippen LogP contribution in [0.1, 0.15) is 38.2 Å². The molecule has 0 radical (unpaired) electrons. The zero-order valence-corrected chi connectivity index (χ0v) is 11.9. The highest BCUT2D eigenvalue weighted by Gasteiger charge is 2.40. The van der Waals surface area contributed by atoms with Gasteiger partial charge in [-0.15, -0.1) is 0 Å². The van der Waals surface area contributed by atoms with Crippen LogP contribution in [0.3, 0.4) is 0 Å². The predicted octanol–water partition coefficient (Wildman–Crippen LogP) is 3.13. The molecule has 1 atom stereocenters. The molecule has 1 heterocycles. The van der Waals surface area contributed by atoms with Gasteiger partial charge in [0.1, 0.15) is 11.5 Å². The monoisotopic (exact) mass is 282 g/mol. The van der Waals surface area contributed by atoms with Crippen molar-refractivity contribution in [1.29, 1.82) is 0 Å². The lowest BCUT2D eigenvalue weighted by atomic mass is 9.90. The molecular weight excluding hydrogens is 262 g/mol. The molecule has 2 N–H and O–H groups in total. The Balaban J connectivity index is 2.25. The Morgan fingerprint density at radius 1 is 1.45 bits per heavy atom. The first-order valence-electron chi connectivity index (χ1n) is 7.01. The topological polar surface area (TPSA) is 41.1 Å². The van der Waals surface area contributed by atoms with Gasteiger partial charge in [-0.05, 0) is 44.4 Å². The number of amides is 1. The molecule has 0 aromatic heterocycles. The quantitative estimate of drug-likeness (QED) is 0.890. The van der Waals surface area contributed by atoms with E-state index >= 15 is 0 Å². The SMILES string of the molecule is CCCC1(C(=O)Nc2c(F)ccc(C)c2F)CCCN1. The largest absolute Gasteiger partial charge is 0.320 e. The number of anilines is 1. The summed E-state index contributed by atoms with van der Waals surface area (Å²) in [5.41, 5.74) is -0.734. The van der Waals surface area contributed by atoms with Gasteiger partial charge in [0, 0.05) is 0 Å². The van der Waals surface area contributed by atoms with Gasteiger partial charge in [0.05, 0.1) is 5.54 Å². The Bertz CT molecular complexity index is 511. The molecule has 0 spiro atoms. The summed E-state index contributed by atoms with van der Waals surface area (Å²) in [6.07, 6.45) is 3.08. The van der Waals surface area contributed by atoms with Crippen LogP contribution in [0.2, 0.25) is 0 Å². The molecule has 20 heavy (non-hydrogen) atoms. The molecule has 1 saturated heterocycles. The molecule has 1 aromatic carbocycles. The first kappa shape index (κ1) is 14.9. The fourth-order valence-electron chi connectivity index (χ4n) is 2.76. The van der Waals surface area contributed by atoms with E-state index in [-0.39, 0.29) is 11.6 Å². The lowest BCUT2D eigenvalue weighted by Crippen LogP contribution is -2.50. The molecule has 5 heteroatoms. The van der Waals surface area contributed by atoms with E-state index in [4.69, 9.17) is 0 Å². The zero-order chi connectivity index (χ0) is 14.8. The number of carbonyl (C=O) groups excluding carboxylic acids is 1. The van der Waals surface area contributed by atoms with Crippen LogP contribution in [0.5, 0.6) is 0 Å². The van der Waals surface area contributed by atoms with Crippen molar-refractivity contribution in [3.8, 4) is 0 Å². The molecule has 3 nitrogen and oxygen atoms in total. The van der Waals surface area contributed by atoms with E-state index in [2.05, 4.69) is 10.6 Å². The van der Waals surface area contributed by atoms with Gasteiger partial charge in [0.2, 0.25) is 5.91 Å². The van der Waals surface area contributed by atoms with E-state index in [9.17, 15) is 13.6 Å². The lowest BCUT2D eigenvalue weighted by Gasteiger charge is -2.28. The maximum atomic E-state index is 13.9. The Labute approximate surface area is 117 Å². The van der Waals surface area contributed by atoms with E-state index in [1.165, 1.54) is 12.1 Å². The second-order valence-electron chi connectivity index (χ2n) is 5.37. The number of carbonyl (C=O) groups is 1. The molecule has 0 bridgehead atoms. The average Bonchev–Trinajstić information content (AvgIpc) is 2.89. The second-order valence-corrected chi connectivity index (χ2v) is 5.37. The number of rotatable bonds is 4. The zero-order valence-electron chi connectivity index (χ0n) is 11.9. The molecule has 0 aliphatic carbocycles. The predicted molar refractivity (Wildman–Crippen MR) is 74.6 cm³/mol. The van der Waals surface area contributed by atoms with Crippen LogP contribution in [-0.2, 0) is 4.79 Å². The minimum atomic E-state index is -0.744. The van der Waals surface area contributed by atoms with E-state index < -0.39 is 17.2 Å². The maximum absolute atomic E-state index is 13.9. The van der Waals surface area contributed by atoms with E-state index in [1.54, 1.807) is 6.92 Å². The Morgan fingerprint density at radius 3 is 2.80 bits per heavy atom. The maximum Gasteiger partial charge on any atom is 0.244 e. The summed E-state index contributed by atoms with van der Waals surface area (Å²) >= 11 is 0. The van der Waals surface area contributed by atoms with Crippen molar-refractivity contribution in [2.24, 2.45) is 0 Å². The van der Waals surface area contributed by atoms with Crippen LogP contribution >= 0.6 is 0 Å². The smallest absolute Gasteiger partial charge is 0.244 e. The Morgan fingerprint density at radius 2 is 2.20 bits per heavy atom. The van der Waals surface area contributed by atoms with Crippen molar-refractivity contribution in [2.75, 3.05) is 11.9 Å². The molecule has 1 aromatic rings. The first-order valence-corrected chi connectivity index (χ1v) is 7.01. The summed E-state index contributed by atoms with van der Waals surface area (Å²) in [5, 5.41) is 5.62. The van der Waals surface area contributed by atoms with Crippen LogP contribution < -0.4 is 10.6 Å². The summed E-state index contributed by atoms with van der Waals surface area (Å²) in [4.78, 5) is 12.4. The highest BCUT2D eigenvalue weighted by Crippen LogP contribution is 2.28. The van der Waals surface area contributed by atoms with Crippen molar-refractivity contribution in [1.82, 2.24) is 5.32 Å². The highest BCUT2D eigenvalue weighted by molar-refractivity contribution is 5.98. The number of hydrogen-bond acceptors (Lipinski definition) is 2. The Hall–Kier alpha value is -1.49. The summed E-state index contributed by atoms with van der Waals surface area (Å²) in [7, 11) is 0.